The SMILES string of the molecule is Cc1c(C(=O)NN2C(=O)NC3(CCCCC3)C2=O)oc2ccc(Cl)cc12. The van der Waals surface area contributed by atoms with Crippen LogP contribution in [0.3, 0.4) is 0 Å². The minimum Gasteiger partial charge on any atom is -0.451 e. The summed E-state index contributed by atoms with van der Waals surface area (Å²) in [5.74, 6) is -1.01. The number of rotatable bonds is 2. The summed E-state index contributed by atoms with van der Waals surface area (Å²) in [7, 11) is 0. The van der Waals surface area contributed by atoms with Gasteiger partial charge in [-0.25, -0.2) is 10.2 Å². The molecule has 0 atom stereocenters. The van der Waals surface area contributed by atoms with E-state index in [1.54, 1.807) is 25.1 Å². The van der Waals surface area contributed by atoms with E-state index in [-0.39, 0.29) is 5.76 Å². The number of hydrazine groups is 1. The second-order valence-corrected chi connectivity index (χ2v) is 7.29. The molecule has 26 heavy (non-hydrogen) atoms. The van der Waals surface area contributed by atoms with E-state index in [2.05, 4.69) is 10.7 Å². The monoisotopic (exact) mass is 375 g/mol. The molecule has 8 heteroatoms. The molecule has 7 nitrogen and oxygen atoms in total. The Morgan fingerprint density at radius 1 is 1.27 bits per heavy atom. The molecule has 2 fully saturated rings. The van der Waals surface area contributed by atoms with Crippen molar-refractivity contribution < 1.29 is 18.8 Å². The summed E-state index contributed by atoms with van der Waals surface area (Å²) < 4.78 is 5.59. The van der Waals surface area contributed by atoms with Crippen molar-refractivity contribution in [2.45, 2.75) is 44.6 Å². The van der Waals surface area contributed by atoms with Crippen LogP contribution in [0.4, 0.5) is 4.79 Å². The summed E-state index contributed by atoms with van der Waals surface area (Å²) in [6.07, 6.45) is 3.96. The molecule has 1 aromatic heterocycles. The van der Waals surface area contributed by atoms with Crippen LogP contribution >= 0.6 is 11.6 Å². The van der Waals surface area contributed by atoms with Gasteiger partial charge in [-0.15, -0.1) is 0 Å². The minimum absolute atomic E-state index is 0.0486. The molecule has 1 saturated carbocycles. The van der Waals surface area contributed by atoms with E-state index in [0.29, 0.717) is 34.4 Å². The maximum Gasteiger partial charge on any atom is 0.344 e. The molecule has 4 rings (SSSR count). The number of hydrogen-bond donors (Lipinski definition) is 2. The number of nitrogens with zero attached hydrogens (tertiary/aromatic N) is 1. The van der Waals surface area contributed by atoms with Crippen molar-refractivity contribution in [2.75, 3.05) is 0 Å². The van der Waals surface area contributed by atoms with Gasteiger partial charge in [0.25, 0.3) is 5.91 Å². The first-order valence-electron chi connectivity index (χ1n) is 8.58. The summed E-state index contributed by atoms with van der Waals surface area (Å²) in [5.41, 5.74) is 2.61. The largest absolute Gasteiger partial charge is 0.451 e. The standard InChI is InChI=1S/C18H18ClN3O4/c1-10-12-9-11(19)5-6-13(12)26-14(10)15(23)21-22-16(24)18(20-17(22)25)7-3-2-4-8-18/h5-6,9H,2-4,7-8H2,1H3,(H,20,25)(H,21,23). The zero-order chi connectivity index (χ0) is 18.5. The number of carbonyl (C=O) groups is 3. The van der Waals surface area contributed by atoms with Crippen LogP contribution < -0.4 is 10.7 Å². The number of benzene rings is 1. The lowest BCUT2D eigenvalue weighted by Gasteiger charge is -2.30. The maximum absolute atomic E-state index is 12.7. The van der Waals surface area contributed by atoms with E-state index in [0.717, 1.165) is 24.3 Å². The summed E-state index contributed by atoms with van der Waals surface area (Å²) in [4.78, 5) is 37.6. The van der Waals surface area contributed by atoms with Gasteiger partial charge in [0.05, 0.1) is 0 Å². The van der Waals surface area contributed by atoms with Crippen LogP contribution in [0.25, 0.3) is 11.0 Å². The molecule has 2 aromatic rings. The van der Waals surface area contributed by atoms with Gasteiger partial charge in [-0.2, -0.15) is 5.01 Å². The molecule has 1 saturated heterocycles. The van der Waals surface area contributed by atoms with Crippen LogP contribution in [-0.2, 0) is 4.79 Å². The molecular weight excluding hydrogens is 358 g/mol. The van der Waals surface area contributed by atoms with Crippen molar-refractivity contribution in [1.82, 2.24) is 15.8 Å². The predicted molar refractivity (Wildman–Crippen MR) is 94.6 cm³/mol. The Hall–Kier alpha value is -2.54. The van der Waals surface area contributed by atoms with Gasteiger partial charge in [-0.05, 0) is 38.0 Å². The lowest BCUT2D eigenvalue weighted by molar-refractivity contribution is -0.134. The van der Waals surface area contributed by atoms with Crippen molar-refractivity contribution in [2.24, 2.45) is 0 Å². The third kappa shape index (κ3) is 2.54. The molecule has 2 N–H and O–H groups in total. The fourth-order valence-corrected chi connectivity index (χ4v) is 3.95. The topological polar surface area (TPSA) is 91.7 Å². The van der Waals surface area contributed by atoms with Gasteiger partial charge in [-0.1, -0.05) is 30.9 Å². The van der Waals surface area contributed by atoms with Gasteiger partial charge in [0.15, 0.2) is 5.76 Å². The fourth-order valence-electron chi connectivity index (χ4n) is 3.78. The molecule has 136 valence electrons. The van der Waals surface area contributed by atoms with E-state index >= 15 is 0 Å². The Bertz CT molecular complexity index is 930. The quantitative estimate of drug-likeness (QED) is 0.788. The van der Waals surface area contributed by atoms with Crippen LogP contribution in [0.2, 0.25) is 5.02 Å². The summed E-state index contributed by atoms with van der Waals surface area (Å²) >= 11 is 5.99. The minimum atomic E-state index is -0.890. The molecular formula is C18H18ClN3O4. The van der Waals surface area contributed by atoms with E-state index in [1.807, 2.05) is 0 Å². The third-order valence-corrected chi connectivity index (χ3v) is 5.42. The zero-order valence-electron chi connectivity index (χ0n) is 14.2. The van der Waals surface area contributed by atoms with E-state index < -0.39 is 23.4 Å². The third-order valence-electron chi connectivity index (χ3n) is 5.19. The van der Waals surface area contributed by atoms with Crippen LogP contribution in [-0.4, -0.2) is 28.4 Å². The van der Waals surface area contributed by atoms with Gasteiger partial charge < -0.3 is 9.73 Å². The molecule has 1 aromatic carbocycles. The number of halogens is 1. The number of carbonyl (C=O) groups excluding carboxylic acids is 3. The predicted octanol–water partition coefficient (Wildman–Crippen LogP) is 3.29. The van der Waals surface area contributed by atoms with Crippen molar-refractivity contribution in [3.8, 4) is 0 Å². The summed E-state index contributed by atoms with van der Waals surface area (Å²) in [6, 6.07) is 4.43. The first kappa shape index (κ1) is 16.9. The highest BCUT2D eigenvalue weighted by atomic mass is 35.5. The number of urea groups is 1. The Morgan fingerprint density at radius 3 is 2.73 bits per heavy atom. The van der Waals surface area contributed by atoms with Crippen molar-refractivity contribution >= 4 is 40.4 Å². The molecule has 1 aliphatic carbocycles. The normalized spacial score (nSPS) is 19.2. The second kappa shape index (κ2) is 6.02. The number of imide groups is 1. The van der Waals surface area contributed by atoms with Gasteiger partial charge >= 0.3 is 11.9 Å². The molecule has 0 bridgehead atoms. The second-order valence-electron chi connectivity index (χ2n) is 6.85. The van der Waals surface area contributed by atoms with E-state index in [4.69, 9.17) is 16.0 Å². The average Bonchev–Trinajstić information content (AvgIpc) is 3.06. The Balaban J connectivity index is 1.59. The Kier molecular flexibility index (Phi) is 3.91. The molecule has 2 heterocycles. The first-order valence-corrected chi connectivity index (χ1v) is 8.95. The summed E-state index contributed by atoms with van der Waals surface area (Å²) in [6.45, 7) is 1.73. The maximum atomic E-state index is 12.7. The smallest absolute Gasteiger partial charge is 0.344 e. The number of amides is 4. The van der Waals surface area contributed by atoms with Gasteiger partial charge in [0.1, 0.15) is 11.1 Å². The number of aryl methyl sites for hydroxylation is 1. The van der Waals surface area contributed by atoms with Crippen LogP contribution in [0.15, 0.2) is 22.6 Å². The van der Waals surface area contributed by atoms with Crippen molar-refractivity contribution in [3.63, 3.8) is 0 Å². The first-order chi connectivity index (χ1) is 12.4. The zero-order valence-corrected chi connectivity index (χ0v) is 15.0. The highest BCUT2D eigenvalue weighted by molar-refractivity contribution is 6.31. The molecule has 2 aliphatic rings. The van der Waals surface area contributed by atoms with Gasteiger partial charge in [0, 0.05) is 16.0 Å². The molecule has 0 radical (unpaired) electrons. The Morgan fingerprint density at radius 2 is 2.00 bits per heavy atom. The van der Waals surface area contributed by atoms with Crippen LogP contribution in [0, 0.1) is 6.92 Å². The van der Waals surface area contributed by atoms with Crippen LogP contribution in [0.1, 0.15) is 48.2 Å². The number of fused-ring (bicyclic) bond motifs is 1. The number of nitrogens with one attached hydrogen (secondary N) is 2. The molecule has 4 amide bonds. The number of furan rings is 1. The van der Waals surface area contributed by atoms with E-state index in [1.165, 1.54) is 0 Å². The average molecular weight is 376 g/mol. The molecule has 1 spiro atoms. The number of hydrogen-bond acceptors (Lipinski definition) is 4. The summed E-state index contributed by atoms with van der Waals surface area (Å²) in [5, 5.41) is 4.76. The highest BCUT2D eigenvalue weighted by Crippen LogP contribution is 2.33. The van der Waals surface area contributed by atoms with Crippen LogP contribution in [0.5, 0.6) is 0 Å². The van der Waals surface area contributed by atoms with Gasteiger partial charge in [0.2, 0.25) is 0 Å². The van der Waals surface area contributed by atoms with Crippen molar-refractivity contribution in [1.29, 1.82) is 0 Å². The highest BCUT2D eigenvalue weighted by Gasteiger charge is 2.52. The van der Waals surface area contributed by atoms with Gasteiger partial charge in [-0.3, -0.25) is 9.59 Å². The Labute approximate surface area is 154 Å². The molecule has 1 aliphatic heterocycles. The molecule has 0 unspecified atom stereocenters. The lowest BCUT2D eigenvalue weighted by atomic mass is 9.82. The lowest BCUT2D eigenvalue weighted by Crippen LogP contribution is -2.51. The van der Waals surface area contributed by atoms with E-state index in [9.17, 15) is 14.4 Å². The van der Waals surface area contributed by atoms with Crippen molar-refractivity contribution in [3.05, 3.63) is 34.5 Å². The fraction of sp³-hybridized carbons (Fsp3) is 0.389.